The van der Waals surface area contributed by atoms with Crippen LogP contribution in [0.15, 0.2) is 0 Å². The number of nitrogens with zero attached hydrogens (tertiary/aromatic N) is 2. The lowest BCUT2D eigenvalue weighted by Crippen LogP contribution is -2.47. The molecule has 1 rings (SSSR count). The molecule has 0 aromatic carbocycles. The van der Waals surface area contributed by atoms with Gasteiger partial charge in [-0.1, -0.05) is 6.92 Å². The van der Waals surface area contributed by atoms with E-state index in [1.54, 1.807) is 0 Å². The highest BCUT2D eigenvalue weighted by Gasteiger charge is 2.25. The SMILES string of the molecule is CC[C@H](N)C(=O)N1CCC(CN(C)C)CC1.Cl.Cl. The van der Waals surface area contributed by atoms with Gasteiger partial charge in [0.2, 0.25) is 5.91 Å². The Kier molecular flexibility index (Phi) is 11.1. The predicted octanol–water partition coefficient (Wildman–Crippen LogP) is 1.37. The molecule has 0 aromatic heterocycles. The minimum atomic E-state index is -0.301. The van der Waals surface area contributed by atoms with Crippen LogP contribution in [0.5, 0.6) is 0 Å². The van der Waals surface area contributed by atoms with Crippen LogP contribution in [0.2, 0.25) is 0 Å². The number of carbonyl (C=O) groups excluding carboxylic acids is 1. The maximum absolute atomic E-state index is 11.8. The number of hydrogen-bond acceptors (Lipinski definition) is 3. The van der Waals surface area contributed by atoms with E-state index in [0.717, 1.165) is 44.8 Å². The number of rotatable bonds is 4. The van der Waals surface area contributed by atoms with E-state index >= 15 is 0 Å². The molecule has 1 amide bonds. The van der Waals surface area contributed by atoms with E-state index in [-0.39, 0.29) is 36.8 Å². The van der Waals surface area contributed by atoms with Crippen LogP contribution < -0.4 is 5.73 Å². The van der Waals surface area contributed by atoms with Gasteiger partial charge in [-0.05, 0) is 39.3 Å². The summed E-state index contributed by atoms with van der Waals surface area (Å²) in [7, 11) is 4.20. The molecule has 6 heteroatoms. The van der Waals surface area contributed by atoms with Crippen molar-refractivity contribution >= 4 is 30.7 Å². The van der Waals surface area contributed by atoms with Crippen molar-refractivity contribution in [1.82, 2.24) is 9.80 Å². The topological polar surface area (TPSA) is 49.6 Å². The van der Waals surface area contributed by atoms with Crippen LogP contribution in [0.25, 0.3) is 0 Å². The Balaban J connectivity index is 0. The normalized spacial score (nSPS) is 17.9. The van der Waals surface area contributed by atoms with E-state index < -0.39 is 0 Å². The third kappa shape index (κ3) is 6.23. The van der Waals surface area contributed by atoms with Gasteiger partial charge in [-0.25, -0.2) is 0 Å². The van der Waals surface area contributed by atoms with Crippen molar-refractivity contribution < 1.29 is 4.79 Å². The third-order valence-corrected chi connectivity index (χ3v) is 3.31. The van der Waals surface area contributed by atoms with Gasteiger partial charge in [0.05, 0.1) is 6.04 Å². The van der Waals surface area contributed by atoms with E-state index in [0.29, 0.717) is 0 Å². The highest BCUT2D eigenvalue weighted by atomic mass is 35.5. The van der Waals surface area contributed by atoms with Crippen molar-refractivity contribution in [3.05, 3.63) is 0 Å². The van der Waals surface area contributed by atoms with Gasteiger partial charge in [-0.3, -0.25) is 4.79 Å². The van der Waals surface area contributed by atoms with Crippen molar-refractivity contribution in [2.75, 3.05) is 33.7 Å². The summed E-state index contributed by atoms with van der Waals surface area (Å²) < 4.78 is 0. The molecule has 4 nitrogen and oxygen atoms in total. The molecule has 1 atom stereocenters. The molecular formula is C12H27Cl2N3O. The van der Waals surface area contributed by atoms with Crippen LogP contribution in [0.4, 0.5) is 0 Å². The Hall–Kier alpha value is -0.0300. The lowest BCUT2D eigenvalue weighted by Gasteiger charge is -2.34. The van der Waals surface area contributed by atoms with Crippen molar-refractivity contribution in [2.24, 2.45) is 11.7 Å². The number of piperidine rings is 1. The first-order valence-electron chi connectivity index (χ1n) is 6.23. The number of amides is 1. The molecule has 110 valence electrons. The molecular weight excluding hydrogens is 273 g/mol. The summed E-state index contributed by atoms with van der Waals surface area (Å²) in [5.74, 6) is 0.864. The van der Waals surface area contributed by atoms with Gasteiger partial charge < -0.3 is 15.5 Å². The molecule has 0 aromatic rings. The van der Waals surface area contributed by atoms with Gasteiger partial charge in [0, 0.05) is 19.6 Å². The van der Waals surface area contributed by atoms with Crippen molar-refractivity contribution in [2.45, 2.75) is 32.2 Å². The second-order valence-electron chi connectivity index (χ2n) is 5.05. The van der Waals surface area contributed by atoms with Crippen LogP contribution in [-0.4, -0.2) is 55.5 Å². The monoisotopic (exact) mass is 299 g/mol. The standard InChI is InChI=1S/C12H25N3O.2ClH/c1-4-11(13)12(16)15-7-5-10(6-8-15)9-14(2)3;;/h10-11H,4-9,13H2,1-3H3;2*1H/t11-;;/m0../s1. The van der Waals surface area contributed by atoms with Crippen LogP contribution in [0, 0.1) is 5.92 Å². The first-order chi connectivity index (χ1) is 7.54. The van der Waals surface area contributed by atoms with Gasteiger partial charge >= 0.3 is 0 Å². The summed E-state index contributed by atoms with van der Waals surface area (Å²) in [6.45, 7) is 4.85. The highest BCUT2D eigenvalue weighted by molar-refractivity contribution is 5.85. The zero-order chi connectivity index (χ0) is 12.1. The fraction of sp³-hybridized carbons (Fsp3) is 0.917. The summed E-state index contributed by atoms with van der Waals surface area (Å²) in [5.41, 5.74) is 5.76. The summed E-state index contributed by atoms with van der Waals surface area (Å²) in [6.07, 6.45) is 2.96. The molecule has 0 radical (unpaired) electrons. The average molecular weight is 300 g/mol. The Bertz CT molecular complexity index is 231. The van der Waals surface area contributed by atoms with E-state index in [1.165, 1.54) is 0 Å². The molecule has 1 aliphatic rings. The fourth-order valence-electron chi connectivity index (χ4n) is 2.26. The molecule has 1 heterocycles. The molecule has 1 fully saturated rings. The van der Waals surface area contributed by atoms with Gasteiger partial charge in [0.25, 0.3) is 0 Å². The number of likely N-dealkylation sites (tertiary alicyclic amines) is 1. The maximum Gasteiger partial charge on any atom is 0.239 e. The lowest BCUT2D eigenvalue weighted by atomic mass is 9.96. The van der Waals surface area contributed by atoms with Gasteiger partial charge in [0.1, 0.15) is 0 Å². The minimum Gasteiger partial charge on any atom is -0.341 e. The molecule has 0 bridgehead atoms. The average Bonchev–Trinajstić information content (AvgIpc) is 2.27. The van der Waals surface area contributed by atoms with E-state index in [1.807, 2.05) is 11.8 Å². The Morgan fingerprint density at radius 2 is 1.83 bits per heavy atom. The summed E-state index contributed by atoms with van der Waals surface area (Å²) in [6, 6.07) is -0.301. The van der Waals surface area contributed by atoms with Crippen molar-refractivity contribution in [1.29, 1.82) is 0 Å². The Labute approximate surface area is 123 Å². The number of carbonyl (C=O) groups is 1. The molecule has 0 saturated carbocycles. The van der Waals surface area contributed by atoms with Crippen LogP contribution in [0.1, 0.15) is 26.2 Å². The van der Waals surface area contributed by atoms with Crippen LogP contribution in [0.3, 0.4) is 0 Å². The van der Waals surface area contributed by atoms with Gasteiger partial charge in [-0.15, -0.1) is 24.8 Å². The van der Waals surface area contributed by atoms with Gasteiger partial charge in [-0.2, -0.15) is 0 Å². The van der Waals surface area contributed by atoms with Crippen molar-refractivity contribution in [3.8, 4) is 0 Å². The summed E-state index contributed by atoms with van der Waals surface area (Å²) in [4.78, 5) is 16.0. The van der Waals surface area contributed by atoms with E-state index in [2.05, 4.69) is 19.0 Å². The Morgan fingerprint density at radius 3 is 2.22 bits per heavy atom. The summed E-state index contributed by atoms with van der Waals surface area (Å²) >= 11 is 0. The molecule has 1 saturated heterocycles. The smallest absolute Gasteiger partial charge is 0.239 e. The molecule has 0 spiro atoms. The number of hydrogen-bond donors (Lipinski definition) is 1. The van der Waals surface area contributed by atoms with Gasteiger partial charge in [0.15, 0.2) is 0 Å². The fourth-order valence-corrected chi connectivity index (χ4v) is 2.26. The third-order valence-electron chi connectivity index (χ3n) is 3.31. The van der Waals surface area contributed by atoms with Crippen LogP contribution in [-0.2, 0) is 4.79 Å². The first-order valence-corrected chi connectivity index (χ1v) is 6.23. The van der Waals surface area contributed by atoms with E-state index in [9.17, 15) is 4.79 Å². The highest BCUT2D eigenvalue weighted by Crippen LogP contribution is 2.18. The molecule has 18 heavy (non-hydrogen) atoms. The molecule has 1 aliphatic heterocycles. The minimum absolute atomic E-state index is 0. The van der Waals surface area contributed by atoms with E-state index in [4.69, 9.17) is 5.73 Å². The number of halogens is 2. The molecule has 0 aliphatic carbocycles. The quantitative estimate of drug-likeness (QED) is 0.853. The Morgan fingerprint density at radius 1 is 1.33 bits per heavy atom. The summed E-state index contributed by atoms with van der Waals surface area (Å²) in [5, 5.41) is 0. The van der Waals surface area contributed by atoms with Crippen molar-refractivity contribution in [3.63, 3.8) is 0 Å². The first kappa shape index (κ1) is 20.3. The number of nitrogens with two attached hydrogens (primary N) is 1. The zero-order valence-corrected chi connectivity index (χ0v) is 13.2. The maximum atomic E-state index is 11.8. The lowest BCUT2D eigenvalue weighted by molar-refractivity contribution is -0.134. The second-order valence-corrected chi connectivity index (χ2v) is 5.05. The zero-order valence-electron chi connectivity index (χ0n) is 11.6. The second kappa shape index (κ2) is 9.84. The molecule has 0 unspecified atom stereocenters. The largest absolute Gasteiger partial charge is 0.341 e. The predicted molar refractivity (Wildman–Crippen MR) is 80.6 cm³/mol. The molecule has 2 N–H and O–H groups in total. The van der Waals surface area contributed by atoms with Crippen LogP contribution >= 0.6 is 24.8 Å².